The first-order chi connectivity index (χ1) is 12.8. The lowest BCUT2D eigenvalue weighted by Crippen LogP contribution is -2.43. The fourth-order valence-electron chi connectivity index (χ4n) is 3.32. The summed E-state index contributed by atoms with van der Waals surface area (Å²) in [5, 5.41) is 5.97. The molecule has 1 fully saturated rings. The lowest BCUT2D eigenvalue weighted by molar-refractivity contribution is -0.125. The van der Waals surface area contributed by atoms with Crippen molar-refractivity contribution in [2.45, 2.75) is 46.2 Å². The van der Waals surface area contributed by atoms with Crippen LogP contribution >= 0.6 is 0 Å². The molecule has 2 unspecified atom stereocenters. The number of benzene rings is 1. The molecule has 0 bridgehead atoms. The number of aryl methyl sites for hydroxylation is 1. The quantitative estimate of drug-likeness (QED) is 0.720. The summed E-state index contributed by atoms with van der Waals surface area (Å²) in [7, 11) is 1.56. The molecule has 0 saturated carbocycles. The monoisotopic (exact) mass is 373 g/mol. The van der Waals surface area contributed by atoms with E-state index in [1.54, 1.807) is 13.2 Å². The normalized spacial score (nSPS) is 19.4. The van der Waals surface area contributed by atoms with E-state index in [2.05, 4.69) is 21.6 Å². The van der Waals surface area contributed by atoms with E-state index in [-0.39, 0.29) is 23.9 Å². The molecule has 2 rings (SSSR count). The number of nitrogens with one attached hydrogen (secondary N) is 2. The molecule has 0 radical (unpaired) electrons. The van der Waals surface area contributed by atoms with Crippen LogP contribution in [0, 0.1) is 6.92 Å². The summed E-state index contributed by atoms with van der Waals surface area (Å²) in [6.07, 6.45) is 2.71. The SMILES string of the molecule is CCNC(=O)C1CC(NC(=O)c2ccc(C)cc2OC)CN1CC=C(C)C. The maximum atomic E-state index is 12.7. The summed E-state index contributed by atoms with van der Waals surface area (Å²) in [5.41, 5.74) is 2.76. The first-order valence-electron chi connectivity index (χ1n) is 9.46. The predicted octanol–water partition coefficient (Wildman–Crippen LogP) is 2.28. The first kappa shape index (κ1) is 21.0. The number of amides is 2. The van der Waals surface area contributed by atoms with E-state index in [1.807, 2.05) is 39.8 Å². The standard InChI is InChI=1S/C21H31N3O3/c1-6-22-21(26)18-12-16(13-24(18)10-9-14(2)3)23-20(25)17-8-7-15(4)11-19(17)27-5/h7-9,11,16,18H,6,10,12-13H2,1-5H3,(H,22,26)(H,23,25). The van der Waals surface area contributed by atoms with Gasteiger partial charge in [0.25, 0.3) is 5.91 Å². The minimum atomic E-state index is -0.231. The summed E-state index contributed by atoms with van der Waals surface area (Å²) in [5.74, 6) is 0.409. The number of methoxy groups -OCH3 is 1. The van der Waals surface area contributed by atoms with Gasteiger partial charge in [-0.05, 0) is 51.8 Å². The van der Waals surface area contributed by atoms with Crippen LogP contribution in [-0.2, 0) is 4.79 Å². The van der Waals surface area contributed by atoms with E-state index in [0.717, 1.165) is 5.56 Å². The Morgan fingerprint density at radius 3 is 2.70 bits per heavy atom. The highest BCUT2D eigenvalue weighted by atomic mass is 16.5. The van der Waals surface area contributed by atoms with Gasteiger partial charge in [0.1, 0.15) is 5.75 Å². The van der Waals surface area contributed by atoms with Gasteiger partial charge in [-0.2, -0.15) is 0 Å². The lowest BCUT2D eigenvalue weighted by Gasteiger charge is -2.21. The van der Waals surface area contributed by atoms with Crippen molar-refractivity contribution in [3.63, 3.8) is 0 Å². The first-order valence-corrected chi connectivity index (χ1v) is 9.46. The summed E-state index contributed by atoms with van der Waals surface area (Å²) < 4.78 is 5.35. The molecule has 27 heavy (non-hydrogen) atoms. The van der Waals surface area contributed by atoms with Crippen LogP contribution in [0.2, 0.25) is 0 Å². The molecule has 148 valence electrons. The average molecular weight is 373 g/mol. The summed E-state index contributed by atoms with van der Waals surface area (Å²) in [6, 6.07) is 5.21. The Morgan fingerprint density at radius 1 is 1.33 bits per heavy atom. The molecule has 6 nitrogen and oxygen atoms in total. The molecule has 6 heteroatoms. The molecule has 1 aromatic rings. The zero-order valence-corrected chi connectivity index (χ0v) is 17.0. The van der Waals surface area contributed by atoms with Crippen LogP contribution in [0.5, 0.6) is 5.75 Å². The molecule has 1 aliphatic rings. The van der Waals surface area contributed by atoms with Crippen LogP contribution in [0.25, 0.3) is 0 Å². The molecule has 0 aromatic heterocycles. The maximum Gasteiger partial charge on any atom is 0.255 e. The molecule has 1 saturated heterocycles. The summed E-state index contributed by atoms with van der Waals surface area (Å²) >= 11 is 0. The number of carbonyl (C=O) groups excluding carboxylic acids is 2. The minimum Gasteiger partial charge on any atom is -0.496 e. The number of allylic oxidation sites excluding steroid dienone is 1. The Bertz CT molecular complexity index is 711. The van der Waals surface area contributed by atoms with Crippen molar-refractivity contribution < 1.29 is 14.3 Å². The van der Waals surface area contributed by atoms with Crippen molar-refractivity contribution in [3.8, 4) is 5.75 Å². The summed E-state index contributed by atoms with van der Waals surface area (Å²) in [6.45, 7) is 9.90. The van der Waals surface area contributed by atoms with Crippen LogP contribution < -0.4 is 15.4 Å². The minimum absolute atomic E-state index is 0.0179. The van der Waals surface area contributed by atoms with E-state index in [1.165, 1.54) is 5.57 Å². The number of ether oxygens (including phenoxy) is 1. The number of hydrogen-bond acceptors (Lipinski definition) is 4. The average Bonchev–Trinajstić information content (AvgIpc) is 3.02. The molecule has 2 N–H and O–H groups in total. The van der Waals surface area contributed by atoms with Crippen LogP contribution in [0.4, 0.5) is 0 Å². The highest BCUT2D eigenvalue weighted by Gasteiger charge is 2.36. The van der Waals surface area contributed by atoms with Gasteiger partial charge in [-0.25, -0.2) is 0 Å². The van der Waals surface area contributed by atoms with E-state index in [4.69, 9.17) is 4.74 Å². The van der Waals surface area contributed by atoms with Gasteiger partial charge in [-0.1, -0.05) is 17.7 Å². The van der Waals surface area contributed by atoms with Crippen LogP contribution in [0.3, 0.4) is 0 Å². The third-order valence-electron chi connectivity index (χ3n) is 4.73. The number of likely N-dealkylation sites (tertiary alicyclic amines) is 1. The second-order valence-corrected chi connectivity index (χ2v) is 7.26. The fourth-order valence-corrected chi connectivity index (χ4v) is 3.32. The molecule has 2 amide bonds. The topological polar surface area (TPSA) is 70.7 Å². The van der Waals surface area contributed by atoms with Crippen molar-refractivity contribution in [3.05, 3.63) is 41.0 Å². The van der Waals surface area contributed by atoms with Crippen LogP contribution in [0.15, 0.2) is 29.8 Å². The molecule has 1 aromatic carbocycles. The highest BCUT2D eigenvalue weighted by Crippen LogP contribution is 2.22. The number of nitrogens with zero attached hydrogens (tertiary/aromatic N) is 1. The van der Waals surface area contributed by atoms with Gasteiger partial charge >= 0.3 is 0 Å². The number of likely N-dealkylation sites (N-methyl/N-ethyl adjacent to an activating group) is 1. The van der Waals surface area contributed by atoms with E-state index < -0.39 is 0 Å². The Balaban J connectivity index is 2.11. The van der Waals surface area contributed by atoms with Crippen molar-refractivity contribution in [1.29, 1.82) is 0 Å². The predicted molar refractivity (Wildman–Crippen MR) is 107 cm³/mol. The van der Waals surface area contributed by atoms with Crippen molar-refractivity contribution in [2.75, 3.05) is 26.7 Å². The largest absolute Gasteiger partial charge is 0.496 e. The Labute approximate surface area is 162 Å². The number of rotatable bonds is 7. The van der Waals surface area contributed by atoms with Gasteiger partial charge in [0.15, 0.2) is 0 Å². The molecule has 1 aliphatic heterocycles. The van der Waals surface area contributed by atoms with Crippen LogP contribution in [-0.4, -0.2) is 55.5 Å². The van der Waals surface area contributed by atoms with E-state index >= 15 is 0 Å². The molecule has 1 heterocycles. The van der Waals surface area contributed by atoms with E-state index in [0.29, 0.717) is 37.4 Å². The molecule has 2 atom stereocenters. The third kappa shape index (κ3) is 5.57. The van der Waals surface area contributed by atoms with Gasteiger partial charge < -0.3 is 15.4 Å². The second kappa shape index (κ2) is 9.55. The Morgan fingerprint density at radius 2 is 2.07 bits per heavy atom. The molecular weight excluding hydrogens is 342 g/mol. The highest BCUT2D eigenvalue weighted by molar-refractivity contribution is 5.97. The van der Waals surface area contributed by atoms with E-state index in [9.17, 15) is 9.59 Å². The number of hydrogen-bond donors (Lipinski definition) is 2. The smallest absolute Gasteiger partial charge is 0.255 e. The van der Waals surface area contributed by atoms with Crippen molar-refractivity contribution in [2.24, 2.45) is 0 Å². The van der Waals surface area contributed by atoms with Gasteiger partial charge in [0.2, 0.25) is 5.91 Å². The second-order valence-electron chi connectivity index (χ2n) is 7.26. The third-order valence-corrected chi connectivity index (χ3v) is 4.73. The van der Waals surface area contributed by atoms with Crippen LogP contribution in [0.1, 0.15) is 43.1 Å². The Kier molecular flexibility index (Phi) is 7.42. The Hall–Kier alpha value is -2.34. The fraction of sp³-hybridized carbons (Fsp3) is 0.524. The summed E-state index contributed by atoms with van der Waals surface area (Å²) in [4.78, 5) is 27.3. The molecule has 0 aliphatic carbocycles. The lowest BCUT2D eigenvalue weighted by atomic mass is 10.1. The zero-order valence-electron chi connectivity index (χ0n) is 17.0. The van der Waals surface area contributed by atoms with Gasteiger partial charge in [0, 0.05) is 25.7 Å². The number of carbonyl (C=O) groups is 2. The van der Waals surface area contributed by atoms with Crippen molar-refractivity contribution >= 4 is 11.8 Å². The van der Waals surface area contributed by atoms with Gasteiger partial charge in [0.05, 0.1) is 18.7 Å². The molecule has 0 spiro atoms. The maximum absolute atomic E-state index is 12.7. The van der Waals surface area contributed by atoms with Gasteiger partial charge in [-0.15, -0.1) is 0 Å². The molecular formula is C21H31N3O3. The van der Waals surface area contributed by atoms with Gasteiger partial charge in [-0.3, -0.25) is 14.5 Å². The zero-order chi connectivity index (χ0) is 20.0. The van der Waals surface area contributed by atoms with Crippen molar-refractivity contribution in [1.82, 2.24) is 15.5 Å².